The molecule has 7 nitrogen and oxygen atoms in total. The molecule has 0 saturated heterocycles. The molecule has 7 heteroatoms. The molecule has 1 unspecified atom stereocenters. The number of isocyanates is 1. The van der Waals surface area contributed by atoms with E-state index in [0.717, 1.165) is 0 Å². The zero-order valence-electron chi connectivity index (χ0n) is 10.7. The minimum Gasteiger partial charge on any atom is -0.481 e. The van der Waals surface area contributed by atoms with Gasteiger partial charge in [0.05, 0.1) is 13.0 Å². The molecule has 0 saturated carbocycles. The summed E-state index contributed by atoms with van der Waals surface area (Å²) in [7, 11) is 0. The maximum absolute atomic E-state index is 11.4. The lowest BCUT2D eigenvalue weighted by atomic mass is 10.1. The fourth-order valence-electron chi connectivity index (χ4n) is 1.18. The summed E-state index contributed by atoms with van der Waals surface area (Å²) in [5, 5.41) is 11.1. The Balaban J connectivity index is 4.34. The van der Waals surface area contributed by atoms with Crippen molar-refractivity contribution in [3.05, 3.63) is 0 Å². The second-order valence-corrected chi connectivity index (χ2v) is 4.70. The number of carbonyl (C=O) groups excluding carboxylic acids is 2. The maximum atomic E-state index is 11.4. The van der Waals surface area contributed by atoms with E-state index in [2.05, 4.69) is 10.3 Å². The van der Waals surface area contributed by atoms with Crippen LogP contribution in [0.15, 0.2) is 4.99 Å². The molecule has 0 aromatic heterocycles. The van der Waals surface area contributed by atoms with E-state index in [1.165, 1.54) is 6.08 Å². The lowest BCUT2D eigenvalue weighted by Gasteiger charge is -2.22. The topological polar surface area (TPSA) is 105 Å². The summed E-state index contributed by atoms with van der Waals surface area (Å²) in [6.07, 6.45) is 0.641. The number of amides is 1. The van der Waals surface area contributed by atoms with Crippen molar-refractivity contribution in [2.24, 2.45) is 4.99 Å². The van der Waals surface area contributed by atoms with Gasteiger partial charge in [0, 0.05) is 6.04 Å². The van der Waals surface area contributed by atoms with Gasteiger partial charge < -0.3 is 15.2 Å². The Hall–Kier alpha value is -1.88. The van der Waals surface area contributed by atoms with Crippen molar-refractivity contribution < 1.29 is 24.2 Å². The summed E-state index contributed by atoms with van der Waals surface area (Å²) in [4.78, 5) is 35.3. The first-order valence-corrected chi connectivity index (χ1v) is 5.49. The number of hydrogen-bond donors (Lipinski definition) is 2. The van der Waals surface area contributed by atoms with E-state index in [1.54, 1.807) is 20.8 Å². The van der Waals surface area contributed by atoms with Crippen molar-refractivity contribution >= 4 is 18.1 Å². The van der Waals surface area contributed by atoms with Gasteiger partial charge in [-0.2, -0.15) is 0 Å². The van der Waals surface area contributed by atoms with Crippen LogP contribution in [0.2, 0.25) is 0 Å². The monoisotopic (exact) mass is 258 g/mol. The first-order chi connectivity index (χ1) is 8.24. The molecule has 0 aromatic carbocycles. The second-order valence-electron chi connectivity index (χ2n) is 4.70. The van der Waals surface area contributed by atoms with E-state index >= 15 is 0 Å². The predicted octanol–water partition coefficient (Wildman–Crippen LogP) is 1.08. The van der Waals surface area contributed by atoms with Crippen molar-refractivity contribution in [3.8, 4) is 0 Å². The zero-order chi connectivity index (χ0) is 14.2. The number of aliphatic imine (C=N–C) groups is 1. The van der Waals surface area contributed by atoms with Gasteiger partial charge in [-0.25, -0.2) is 14.6 Å². The molecule has 0 heterocycles. The normalized spacial score (nSPS) is 12.2. The van der Waals surface area contributed by atoms with Crippen LogP contribution in [0.5, 0.6) is 0 Å². The third-order valence-corrected chi connectivity index (χ3v) is 1.80. The van der Waals surface area contributed by atoms with Gasteiger partial charge >= 0.3 is 12.1 Å². The van der Waals surface area contributed by atoms with Crippen molar-refractivity contribution in [2.75, 3.05) is 6.54 Å². The third kappa shape index (κ3) is 9.35. The van der Waals surface area contributed by atoms with Crippen molar-refractivity contribution in [3.63, 3.8) is 0 Å². The molecule has 102 valence electrons. The highest BCUT2D eigenvalue weighted by atomic mass is 16.6. The number of nitrogens with one attached hydrogen (secondary N) is 1. The number of hydrogen-bond acceptors (Lipinski definition) is 5. The number of carboxylic acid groups (broad SMARTS) is 1. The molecule has 2 N–H and O–H groups in total. The second kappa shape index (κ2) is 7.45. The first kappa shape index (κ1) is 16.1. The van der Waals surface area contributed by atoms with Crippen molar-refractivity contribution in [2.45, 2.75) is 45.3 Å². The Kier molecular flexibility index (Phi) is 6.67. The first-order valence-electron chi connectivity index (χ1n) is 5.49. The third-order valence-electron chi connectivity index (χ3n) is 1.80. The van der Waals surface area contributed by atoms with E-state index in [4.69, 9.17) is 9.84 Å². The lowest BCUT2D eigenvalue weighted by molar-refractivity contribution is -0.137. The average Bonchev–Trinajstić information content (AvgIpc) is 2.13. The maximum Gasteiger partial charge on any atom is 0.407 e. The Labute approximate surface area is 105 Å². The molecule has 0 aliphatic carbocycles. The van der Waals surface area contributed by atoms with Gasteiger partial charge in [0.25, 0.3) is 0 Å². The summed E-state index contributed by atoms with van der Waals surface area (Å²) in [6, 6.07) is -0.630. The van der Waals surface area contributed by atoms with Crippen LogP contribution < -0.4 is 5.32 Å². The molecule has 0 radical (unpaired) electrons. The quantitative estimate of drug-likeness (QED) is 0.548. The van der Waals surface area contributed by atoms with Gasteiger partial charge in [0.15, 0.2) is 0 Å². The van der Waals surface area contributed by atoms with Crippen LogP contribution in [0.1, 0.15) is 33.6 Å². The van der Waals surface area contributed by atoms with E-state index in [9.17, 15) is 14.4 Å². The number of alkyl carbamates (subject to hydrolysis) is 1. The van der Waals surface area contributed by atoms with Gasteiger partial charge in [0.1, 0.15) is 5.60 Å². The number of rotatable bonds is 6. The van der Waals surface area contributed by atoms with Crippen LogP contribution in [-0.2, 0) is 14.3 Å². The molecular weight excluding hydrogens is 240 g/mol. The summed E-state index contributed by atoms with van der Waals surface area (Å²) >= 11 is 0. The van der Waals surface area contributed by atoms with Crippen LogP contribution in [-0.4, -0.2) is 41.4 Å². The highest BCUT2D eigenvalue weighted by Crippen LogP contribution is 2.08. The molecule has 0 spiro atoms. The van der Waals surface area contributed by atoms with Crippen LogP contribution >= 0.6 is 0 Å². The van der Waals surface area contributed by atoms with Crippen LogP contribution in [0, 0.1) is 0 Å². The molecule has 0 aromatic rings. The predicted molar refractivity (Wildman–Crippen MR) is 63.0 cm³/mol. The Morgan fingerprint density at radius 3 is 2.50 bits per heavy atom. The SMILES string of the molecule is CC(C)(C)OC(=O)NC(CCN=C=O)CC(=O)O. The Morgan fingerprint density at radius 1 is 1.44 bits per heavy atom. The molecule has 18 heavy (non-hydrogen) atoms. The summed E-state index contributed by atoms with van der Waals surface area (Å²) < 4.78 is 5.01. The Bertz CT molecular complexity index is 342. The largest absolute Gasteiger partial charge is 0.481 e. The number of nitrogens with zero attached hydrogens (tertiary/aromatic N) is 1. The van der Waals surface area contributed by atoms with Gasteiger partial charge in [-0.3, -0.25) is 4.79 Å². The molecule has 0 aliphatic rings. The summed E-state index contributed by atoms with van der Waals surface area (Å²) in [5.41, 5.74) is -0.654. The molecule has 0 bridgehead atoms. The lowest BCUT2D eigenvalue weighted by Crippen LogP contribution is -2.40. The highest BCUT2D eigenvalue weighted by molar-refractivity contribution is 5.71. The average molecular weight is 258 g/mol. The van der Waals surface area contributed by atoms with Crippen molar-refractivity contribution in [1.82, 2.24) is 5.32 Å². The standard InChI is InChI=1S/C11H18N2O5/c1-11(2,3)18-10(17)13-8(6-9(15)16)4-5-12-7-14/h8H,4-6H2,1-3H3,(H,13,17)(H,15,16). The fraction of sp³-hybridized carbons (Fsp3) is 0.727. The molecule has 0 rings (SSSR count). The van der Waals surface area contributed by atoms with Crippen molar-refractivity contribution in [1.29, 1.82) is 0 Å². The zero-order valence-corrected chi connectivity index (χ0v) is 10.7. The highest BCUT2D eigenvalue weighted by Gasteiger charge is 2.20. The van der Waals surface area contributed by atoms with Crippen LogP contribution in [0.4, 0.5) is 4.79 Å². The number of aliphatic carboxylic acids is 1. The molecule has 0 aliphatic heterocycles. The van der Waals surface area contributed by atoms with Gasteiger partial charge in [-0.15, -0.1) is 0 Å². The van der Waals surface area contributed by atoms with E-state index in [1.807, 2.05) is 0 Å². The summed E-state index contributed by atoms with van der Waals surface area (Å²) in [5.74, 6) is -1.05. The van der Waals surface area contributed by atoms with Gasteiger partial charge in [-0.1, -0.05) is 0 Å². The molecule has 1 atom stereocenters. The molecular formula is C11H18N2O5. The van der Waals surface area contributed by atoms with Gasteiger partial charge in [-0.05, 0) is 27.2 Å². The van der Waals surface area contributed by atoms with E-state index in [0.29, 0.717) is 0 Å². The minimum absolute atomic E-state index is 0.108. The minimum atomic E-state index is -1.05. The number of carbonyl (C=O) groups is 2. The van der Waals surface area contributed by atoms with E-state index in [-0.39, 0.29) is 19.4 Å². The molecule has 0 fully saturated rings. The number of carboxylic acids is 1. The number of ether oxygens (including phenoxy) is 1. The van der Waals surface area contributed by atoms with Crippen LogP contribution in [0.3, 0.4) is 0 Å². The van der Waals surface area contributed by atoms with Crippen LogP contribution in [0.25, 0.3) is 0 Å². The summed E-state index contributed by atoms with van der Waals surface area (Å²) in [6.45, 7) is 5.22. The van der Waals surface area contributed by atoms with Gasteiger partial charge in [0.2, 0.25) is 6.08 Å². The Morgan fingerprint density at radius 2 is 2.06 bits per heavy atom. The molecule has 1 amide bonds. The smallest absolute Gasteiger partial charge is 0.407 e. The van der Waals surface area contributed by atoms with E-state index < -0.39 is 23.7 Å². The fourth-order valence-corrected chi connectivity index (χ4v) is 1.18.